The SMILES string of the molecule is CC1CCC(c2cnc(CCN)o2)O1. The number of hydrogen-bond donors (Lipinski definition) is 1. The zero-order valence-corrected chi connectivity index (χ0v) is 8.40. The van der Waals surface area contributed by atoms with Crippen LogP contribution < -0.4 is 5.73 Å². The fourth-order valence-corrected chi connectivity index (χ4v) is 1.72. The highest BCUT2D eigenvalue weighted by molar-refractivity contribution is 5.00. The second-order valence-corrected chi connectivity index (χ2v) is 3.71. The first-order valence-corrected chi connectivity index (χ1v) is 5.09. The number of aromatic nitrogens is 1. The molecule has 1 fully saturated rings. The van der Waals surface area contributed by atoms with E-state index in [0.717, 1.165) is 18.6 Å². The smallest absolute Gasteiger partial charge is 0.195 e. The van der Waals surface area contributed by atoms with Gasteiger partial charge in [-0.05, 0) is 19.8 Å². The summed E-state index contributed by atoms with van der Waals surface area (Å²) in [4.78, 5) is 4.15. The largest absolute Gasteiger partial charge is 0.443 e. The van der Waals surface area contributed by atoms with Crippen molar-refractivity contribution in [3.63, 3.8) is 0 Å². The van der Waals surface area contributed by atoms with E-state index in [-0.39, 0.29) is 6.10 Å². The minimum Gasteiger partial charge on any atom is -0.443 e. The minimum atomic E-state index is 0.101. The monoisotopic (exact) mass is 196 g/mol. The standard InChI is InChI=1S/C10H16N2O2/c1-7-2-3-8(13-7)9-6-12-10(14-9)4-5-11/h6-8H,2-5,11H2,1H3. The van der Waals surface area contributed by atoms with Gasteiger partial charge in [0.05, 0.1) is 12.3 Å². The molecular formula is C10H16N2O2. The van der Waals surface area contributed by atoms with Crippen LogP contribution in [0, 0.1) is 0 Å². The molecule has 0 bridgehead atoms. The summed E-state index contributed by atoms with van der Waals surface area (Å²) in [5.41, 5.74) is 5.41. The number of oxazole rings is 1. The summed E-state index contributed by atoms with van der Waals surface area (Å²) in [5.74, 6) is 1.56. The van der Waals surface area contributed by atoms with Crippen molar-refractivity contribution >= 4 is 0 Å². The molecule has 2 atom stereocenters. The Labute approximate surface area is 83.4 Å². The first-order chi connectivity index (χ1) is 6.79. The topological polar surface area (TPSA) is 61.3 Å². The molecule has 2 heterocycles. The highest BCUT2D eigenvalue weighted by atomic mass is 16.5. The number of nitrogens with zero attached hydrogens (tertiary/aromatic N) is 1. The van der Waals surface area contributed by atoms with Gasteiger partial charge in [-0.2, -0.15) is 0 Å². The van der Waals surface area contributed by atoms with Crippen molar-refractivity contribution in [2.75, 3.05) is 6.54 Å². The molecule has 2 rings (SSSR count). The van der Waals surface area contributed by atoms with E-state index in [9.17, 15) is 0 Å². The van der Waals surface area contributed by atoms with Crippen LogP contribution in [0.15, 0.2) is 10.6 Å². The lowest BCUT2D eigenvalue weighted by molar-refractivity contribution is 0.0418. The predicted octanol–water partition coefficient (Wildman–Crippen LogP) is 1.42. The average Bonchev–Trinajstić information content (AvgIpc) is 2.74. The summed E-state index contributed by atoms with van der Waals surface area (Å²) in [5, 5.41) is 0. The van der Waals surface area contributed by atoms with Gasteiger partial charge in [0.15, 0.2) is 11.7 Å². The highest BCUT2D eigenvalue weighted by Gasteiger charge is 2.26. The molecule has 1 aromatic heterocycles. The number of hydrogen-bond acceptors (Lipinski definition) is 4. The van der Waals surface area contributed by atoms with Crippen LogP contribution in [0.1, 0.15) is 37.5 Å². The average molecular weight is 196 g/mol. The van der Waals surface area contributed by atoms with Gasteiger partial charge in [-0.3, -0.25) is 0 Å². The zero-order chi connectivity index (χ0) is 9.97. The normalized spacial score (nSPS) is 27.0. The third-order valence-electron chi connectivity index (χ3n) is 2.48. The van der Waals surface area contributed by atoms with Gasteiger partial charge < -0.3 is 14.9 Å². The van der Waals surface area contributed by atoms with Crippen molar-refractivity contribution in [3.8, 4) is 0 Å². The van der Waals surface area contributed by atoms with E-state index >= 15 is 0 Å². The third-order valence-corrected chi connectivity index (χ3v) is 2.48. The second kappa shape index (κ2) is 4.11. The Morgan fingerprint density at radius 3 is 3.07 bits per heavy atom. The molecule has 14 heavy (non-hydrogen) atoms. The van der Waals surface area contributed by atoms with Gasteiger partial charge in [-0.1, -0.05) is 0 Å². The quantitative estimate of drug-likeness (QED) is 0.794. The van der Waals surface area contributed by atoms with Crippen LogP contribution in [-0.2, 0) is 11.2 Å². The molecular weight excluding hydrogens is 180 g/mol. The Morgan fingerprint density at radius 2 is 2.43 bits per heavy atom. The maximum atomic E-state index is 5.67. The number of ether oxygens (including phenoxy) is 1. The van der Waals surface area contributed by atoms with E-state index in [0.29, 0.717) is 25.0 Å². The molecule has 2 N–H and O–H groups in total. The van der Waals surface area contributed by atoms with Crippen molar-refractivity contribution in [2.45, 2.75) is 38.4 Å². The Morgan fingerprint density at radius 1 is 1.57 bits per heavy atom. The Bertz CT molecular complexity index is 298. The molecule has 2 unspecified atom stereocenters. The fourth-order valence-electron chi connectivity index (χ4n) is 1.72. The van der Waals surface area contributed by atoms with Crippen LogP contribution in [0.5, 0.6) is 0 Å². The van der Waals surface area contributed by atoms with Crippen LogP contribution in [0.4, 0.5) is 0 Å². The van der Waals surface area contributed by atoms with Gasteiger partial charge in [0.25, 0.3) is 0 Å². The van der Waals surface area contributed by atoms with E-state index in [1.807, 2.05) is 0 Å². The predicted molar refractivity (Wildman–Crippen MR) is 51.8 cm³/mol. The number of nitrogens with two attached hydrogens (primary N) is 1. The molecule has 78 valence electrons. The molecule has 0 amide bonds. The third kappa shape index (κ3) is 1.96. The Kier molecular flexibility index (Phi) is 2.84. The summed E-state index contributed by atoms with van der Waals surface area (Å²) in [6.45, 7) is 2.65. The molecule has 4 nitrogen and oxygen atoms in total. The van der Waals surface area contributed by atoms with Crippen molar-refractivity contribution in [2.24, 2.45) is 5.73 Å². The summed E-state index contributed by atoms with van der Waals surface area (Å²) in [6, 6.07) is 0. The Hall–Kier alpha value is -0.870. The van der Waals surface area contributed by atoms with Crippen LogP contribution in [0.25, 0.3) is 0 Å². The summed E-state index contributed by atoms with van der Waals surface area (Å²) in [6.07, 6.45) is 5.01. The summed E-state index contributed by atoms with van der Waals surface area (Å²) in [7, 11) is 0. The van der Waals surface area contributed by atoms with Crippen molar-refractivity contribution in [3.05, 3.63) is 17.8 Å². The van der Waals surface area contributed by atoms with E-state index in [2.05, 4.69) is 11.9 Å². The van der Waals surface area contributed by atoms with Crippen molar-refractivity contribution in [1.82, 2.24) is 4.98 Å². The van der Waals surface area contributed by atoms with Crippen LogP contribution in [0.2, 0.25) is 0 Å². The van der Waals surface area contributed by atoms with E-state index in [1.165, 1.54) is 0 Å². The maximum Gasteiger partial charge on any atom is 0.195 e. The molecule has 0 aliphatic carbocycles. The lowest BCUT2D eigenvalue weighted by Crippen LogP contribution is -2.02. The van der Waals surface area contributed by atoms with Crippen molar-refractivity contribution in [1.29, 1.82) is 0 Å². The van der Waals surface area contributed by atoms with E-state index in [1.54, 1.807) is 6.20 Å². The first kappa shape index (κ1) is 9.68. The van der Waals surface area contributed by atoms with E-state index in [4.69, 9.17) is 14.9 Å². The fraction of sp³-hybridized carbons (Fsp3) is 0.700. The molecule has 0 spiro atoms. The maximum absolute atomic E-state index is 5.67. The molecule has 0 aromatic carbocycles. The lowest BCUT2D eigenvalue weighted by Gasteiger charge is -2.06. The van der Waals surface area contributed by atoms with Gasteiger partial charge in [-0.15, -0.1) is 0 Å². The van der Waals surface area contributed by atoms with E-state index < -0.39 is 0 Å². The molecule has 1 aromatic rings. The lowest BCUT2D eigenvalue weighted by atomic mass is 10.2. The molecule has 4 heteroatoms. The number of rotatable bonds is 3. The zero-order valence-electron chi connectivity index (χ0n) is 8.40. The van der Waals surface area contributed by atoms with Gasteiger partial charge in [-0.25, -0.2) is 4.98 Å². The molecule has 1 aliphatic rings. The van der Waals surface area contributed by atoms with Crippen LogP contribution in [-0.4, -0.2) is 17.6 Å². The second-order valence-electron chi connectivity index (χ2n) is 3.71. The van der Waals surface area contributed by atoms with Crippen LogP contribution in [0.3, 0.4) is 0 Å². The van der Waals surface area contributed by atoms with Crippen LogP contribution >= 0.6 is 0 Å². The van der Waals surface area contributed by atoms with Gasteiger partial charge in [0.2, 0.25) is 0 Å². The summed E-state index contributed by atoms with van der Waals surface area (Å²) >= 11 is 0. The van der Waals surface area contributed by atoms with Crippen molar-refractivity contribution < 1.29 is 9.15 Å². The Balaban J connectivity index is 2.02. The molecule has 1 aliphatic heterocycles. The molecule has 1 saturated heterocycles. The minimum absolute atomic E-state index is 0.101. The molecule has 0 saturated carbocycles. The van der Waals surface area contributed by atoms with Gasteiger partial charge in [0.1, 0.15) is 6.10 Å². The summed E-state index contributed by atoms with van der Waals surface area (Å²) < 4.78 is 11.2. The van der Waals surface area contributed by atoms with Gasteiger partial charge in [0, 0.05) is 13.0 Å². The van der Waals surface area contributed by atoms with Gasteiger partial charge >= 0.3 is 0 Å². The first-order valence-electron chi connectivity index (χ1n) is 5.09. The molecule has 0 radical (unpaired) electrons. The highest BCUT2D eigenvalue weighted by Crippen LogP contribution is 2.32.